The normalized spacial score (nSPS) is 10.5. The monoisotopic (exact) mass is 341 g/mol. The highest BCUT2D eigenvalue weighted by atomic mass is 32.2. The van der Waals surface area contributed by atoms with Crippen LogP contribution in [0, 0.1) is 11.8 Å². The van der Waals surface area contributed by atoms with Gasteiger partial charge in [-0.1, -0.05) is 23.7 Å². The highest BCUT2D eigenvalue weighted by Gasteiger charge is 2.16. The number of ether oxygens (including phenoxy) is 1. The van der Waals surface area contributed by atoms with Gasteiger partial charge in [-0.3, -0.25) is 5.32 Å². The van der Waals surface area contributed by atoms with Gasteiger partial charge in [0.25, 0.3) is 0 Å². The summed E-state index contributed by atoms with van der Waals surface area (Å²) in [4.78, 5) is 20.2. The molecule has 6 heteroatoms. The maximum Gasteiger partial charge on any atom is 0.412 e. The van der Waals surface area contributed by atoms with Crippen molar-refractivity contribution in [1.82, 2.24) is 9.97 Å². The van der Waals surface area contributed by atoms with Crippen molar-refractivity contribution >= 4 is 23.5 Å². The molecular formula is C18H19N3O2S. The second-order valence-corrected chi connectivity index (χ2v) is 6.66. The lowest BCUT2D eigenvalue weighted by Crippen LogP contribution is -2.27. The van der Waals surface area contributed by atoms with Gasteiger partial charge >= 0.3 is 6.09 Å². The zero-order valence-corrected chi connectivity index (χ0v) is 14.9. The number of amides is 1. The van der Waals surface area contributed by atoms with E-state index in [9.17, 15) is 4.79 Å². The summed E-state index contributed by atoms with van der Waals surface area (Å²) >= 11 is 1.47. The molecule has 0 aliphatic rings. The zero-order chi connectivity index (χ0) is 17.6. The average molecular weight is 341 g/mol. The Morgan fingerprint density at radius 1 is 1.25 bits per heavy atom. The van der Waals surface area contributed by atoms with E-state index in [1.165, 1.54) is 11.8 Å². The van der Waals surface area contributed by atoms with Crippen LogP contribution in [-0.2, 0) is 4.74 Å². The molecular weight excluding hydrogens is 322 g/mol. The van der Waals surface area contributed by atoms with Crippen LogP contribution in [0.1, 0.15) is 32.0 Å². The van der Waals surface area contributed by atoms with Gasteiger partial charge < -0.3 is 4.74 Å². The first-order valence-corrected chi connectivity index (χ1v) is 8.57. The van der Waals surface area contributed by atoms with Gasteiger partial charge in [-0.25, -0.2) is 14.8 Å². The number of anilines is 1. The molecule has 124 valence electrons. The number of nitrogens with one attached hydrogen (secondary N) is 1. The second kappa shape index (κ2) is 7.84. The number of carbonyl (C=O) groups excluding carboxylic acids is 1. The summed E-state index contributed by atoms with van der Waals surface area (Å²) in [7, 11) is 0. The number of carbonyl (C=O) groups is 1. The van der Waals surface area contributed by atoms with Gasteiger partial charge in [0.1, 0.15) is 11.3 Å². The summed E-state index contributed by atoms with van der Waals surface area (Å²) in [5, 5.41) is 3.38. The third kappa shape index (κ3) is 5.94. The molecule has 1 aromatic heterocycles. The van der Waals surface area contributed by atoms with E-state index in [0.717, 1.165) is 5.56 Å². The van der Waals surface area contributed by atoms with Crippen LogP contribution in [-0.4, -0.2) is 27.9 Å². The fourth-order valence-corrected chi connectivity index (χ4v) is 2.10. The number of nitrogens with zero attached hydrogens (tertiary/aromatic N) is 2. The lowest BCUT2D eigenvalue weighted by atomic mass is 10.2. The van der Waals surface area contributed by atoms with Crippen LogP contribution < -0.4 is 5.32 Å². The van der Waals surface area contributed by atoms with Crippen LogP contribution in [0.2, 0.25) is 0 Å². The fourth-order valence-electron chi connectivity index (χ4n) is 1.74. The Morgan fingerprint density at radius 3 is 2.75 bits per heavy atom. The van der Waals surface area contributed by atoms with Crippen LogP contribution in [0.4, 0.5) is 10.5 Å². The van der Waals surface area contributed by atoms with Crippen LogP contribution in [0.25, 0.3) is 0 Å². The van der Waals surface area contributed by atoms with E-state index < -0.39 is 11.7 Å². The lowest BCUT2D eigenvalue weighted by molar-refractivity contribution is 0.0636. The molecule has 0 fully saturated rings. The number of aromatic nitrogens is 2. The first-order valence-electron chi connectivity index (χ1n) is 7.35. The van der Waals surface area contributed by atoms with Gasteiger partial charge in [-0.05, 0) is 57.2 Å². The van der Waals surface area contributed by atoms with Gasteiger partial charge in [0.05, 0.1) is 0 Å². The van der Waals surface area contributed by atoms with Crippen molar-refractivity contribution in [3.8, 4) is 11.8 Å². The predicted molar refractivity (Wildman–Crippen MR) is 96.1 cm³/mol. The molecule has 1 N–H and O–H groups in total. The molecule has 0 bridgehead atoms. The third-order valence-electron chi connectivity index (χ3n) is 2.66. The lowest BCUT2D eigenvalue weighted by Gasteiger charge is -2.19. The molecule has 1 amide bonds. The standard InChI is InChI=1S/C18H19N3O2S/c1-18(2,3)23-17(22)21-15-7-5-6-13(12-15)8-9-14-10-11-19-16(20-14)24-4/h5-7,10-12H,1-4H3,(H,21,22). The van der Waals surface area contributed by atoms with E-state index in [1.54, 1.807) is 24.4 Å². The number of hydrogen-bond acceptors (Lipinski definition) is 5. The SMILES string of the molecule is CSc1nccc(C#Cc2cccc(NC(=O)OC(C)(C)C)c2)n1. The highest BCUT2D eigenvalue weighted by molar-refractivity contribution is 7.98. The van der Waals surface area contributed by atoms with Crippen molar-refractivity contribution in [2.75, 3.05) is 11.6 Å². The van der Waals surface area contributed by atoms with Crippen LogP contribution in [0.5, 0.6) is 0 Å². The zero-order valence-electron chi connectivity index (χ0n) is 14.1. The van der Waals surface area contributed by atoms with Gasteiger partial charge in [0.2, 0.25) is 0 Å². The highest BCUT2D eigenvalue weighted by Crippen LogP contribution is 2.13. The number of thioether (sulfide) groups is 1. The number of benzene rings is 1. The maximum absolute atomic E-state index is 11.8. The summed E-state index contributed by atoms with van der Waals surface area (Å²) in [5.41, 5.74) is 1.51. The van der Waals surface area contributed by atoms with Crippen molar-refractivity contribution in [2.24, 2.45) is 0 Å². The molecule has 24 heavy (non-hydrogen) atoms. The van der Waals surface area contributed by atoms with Crippen molar-refractivity contribution in [3.05, 3.63) is 47.8 Å². The topological polar surface area (TPSA) is 64.1 Å². The van der Waals surface area contributed by atoms with E-state index in [2.05, 4.69) is 27.1 Å². The Bertz CT molecular complexity index is 789. The van der Waals surface area contributed by atoms with Crippen molar-refractivity contribution < 1.29 is 9.53 Å². The molecule has 2 rings (SSSR count). The minimum absolute atomic E-state index is 0.493. The summed E-state index contributed by atoms with van der Waals surface area (Å²) in [6.45, 7) is 5.46. The molecule has 0 saturated carbocycles. The first kappa shape index (κ1) is 17.8. The van der Waals surface area contributed by atoms with Crippen LogP contribution in [0.3, 0.4) is 0 Å². The minimum Gasteiger partial charge on any atom is -0.444 e. The van der Waals surface area contributed by atoms with E-state index in [1.807, 2.05) is 39.2 Å². The Kier molecular flexibility index (Phi) is 5.83. The van der Waals surface area contributed by atoms with E-state index in [4.69, 9.17) is 4.74 Å². The molecule has 0 aliphatic carbocycles. The Labute approximate surface area is 146 Å². The molecule has 1 heterocycles. The Hall–Kier alpha value is -2.52. The van der Waals surface area contributed by atoms with Gasteiger partial charge in [-0.2, -0.15) is 0 Å². The molecule has 0 spiro atoms. The van der Waals surface area contributed by atoms with Crippen molar-refractivity contribution in [1.29, 1.82) is 0 Å². The molecule has 0 unspecified atom stereocenters. The van der Waals surface area contributed by atoms with Gasteiger partial charge in [0.15, 0.2) is 5.16 Å². The Morgan fingerprint density at radius 2 is 2.04 bits per heavy atom. The molecule has 5 nitrogen and oxygen atoms in total. The minimum atomic E-state index is -0.538. The number of rotatable bonds is 2. The average Bonchev–Trinajstić information content (AvgIpc) is 2.51. The molecule has 2 aromatic rings. The van der Waals surface area contributed by atoms with Crippen molar-refractivity contribution in [2.45, 2.75) is 31.5 Å². The summed E-state index contributed by atoms with van der Waals surface area (Å²) < 4.78 is 5.23. The van der Waals surface area contributed by atoms with E-state index in [0.29, 0.717) is 16.5 Å². The molecule has 0 radical (unpaired) electrons. The molecule has 0 saturated heterocycles. The third-order valence-corrected chi connectivity index (χ3v) is 3.22. The van der Waals surface area contributed by atoms with Crippen LogP contribution in [0.15, 0.2) is 41.7 Å². The largest absolute Gasteiger partial charge is 0.444 e. The Balaban J connectivity index is 2.11. The van der Waals surface area contributed by atoms with Gasteiger partial charge in [0, 0.05) is 17.4 Å². The number of hydrogen-bond donors (Lipinski definition) is 1. The molecule has 0 aliphatic heterocycles. The van der Waals surface area contributed by atoms with E-state index in [-0.39, 0.29) is 0 Å². The molecule has 0 atom stereocenters. The maximum atomic E-state index is 11.8. The second-order valence-electron chi connectivity index (χ2n) is 5.89. The fraction of sp³-hybridized carbons (Fsp3) is 0.278. The summed E-state index contributed by atoms with van der Waals surface area (Å²) in [5.74, 6) is 6.03. The quantitative estimate of drug-likeness (QED) is 0.509. The van der Waals surface area contributed by atoms with Gasteiger partial charge in [-0.15, -0.1) is 0 Å². The van der Waals surface area contributed by atoms with Crippen molar-refractivity contribution in [3.63, 3.8) is 0 Å². The van der Waals surface area contributed by atoms with E-state index >= 15 is 0 Å². The van der Waals surface area contributed by atoms with Crippen LogP contribution >= 0.6 is 11.8 Å². The molecule has 1 aromatic carbocycles. The predicted octanol–water partition coefficient (Wildman–Crippen LogP) is 3.95. The summed E-state index contributed by atoms with van der Waals surface area (Å²) in [6.07, 6.45) is 3.11. The summed E-state index contributed by atoms with van der Waals surface area (Å²) in [6, 6.07) is 9.02. The first-order chi connectivity index (χ1) is 11.4. The smallest absolute Gasteiger partial charge is 0.412 e.